The van der Waals surface area contributed by atoms with Crippen molar-refractivity contribution in [2.45, 2.75) is 91.4 Å². The molecule has 2 aromatic heterocycles. The van der Waals surface area contributed by atoms with E-state index >= 15 is 0 Å². The number of imidazole rings is 1. The van der Waals surface area contributed by atoms with Gasteiger partial charge in [-0.1, -0.05) is 63.6 Å². The number of anilines is 2. The Bertz CT molecular complexity index is 2410. The van der Waals surface area contributed by atoms with Gasteiger partial charge in [-0.05, 0) is 74.8 Å². The number of methoxy groups -OCH3 is 1. The van der Waals surface area contributed by atoms with Crippen LogP contribution in [0.25, 0.3) is 22.4 Å². The summed E-state index contributed by atoms with van der Waals surface area (Å²) in [4.78, 5) is 71.2. The third-order valence-corrected chi connectivity index (χ3v) is 12.6. The van der Waals surface area contributed by atoms with Crippen LogP contribution in [-0.2, 0) is 19.1 Å². The number of rotatable bonds is 10. The SMILES string of the molecule is COC(=O)NC(C(=O)N1C[C@@H](C)C[C@H]1c1nc(-c2ccc(-c3cc(Cl)c(C(=O)Nc4ccc(N5CCN(C(=O)C(C)(C)C)C[C@H]5C)nc4)cc3OC(F)(F)F)cc2)c[nH]1)C1CCO[C@@H](C)C1. The average molecular weight is 937 g/mol. The monoisotopic (exact) mass is 936 g/mol. The minimum Gasteiger partial charge on any atom is -0.453 e. The molecular weight excluding hydrogens is 881 g/mol. The summed E-state index contributed by atoms with van der Waals surface area (Å²) in [6.07, 6.45) is -0.863. The van der Waals surface area contributed by atoms with Crippen LogP contribution in [0.2, 0.25) is 5.02 Å². The molecule has 5 heterocycles. The highest BCUT2D eigenvalue weighted by atomic mass is 35.5. The van der Waals surface area contributed by atoms with Crippen LogP contribution < -0.4 is 20.3 Å². The van der Waals surface area contributed by atoms with Crippen LogP contribution in [0.4, 0.5) is 29.5 Å². The lowest BCUT2D eigenvalue weighted by atomic mass is 9.88. The van der Waals surface area contributed by atoms with Crippen LogP contribution in [0, 0.1) is 17.3 Å². The first kappa shape index (κ1) is 48.1. The van der Waals surface area contributed by atoms with Gasteiger partial charge in [-0.15, -0.1) is 13.2 Å². The lowest BCUT2D eigenvalue weighted by Gasteiger charge is -2.42. The molecule has 7 rings (SSSR count). The van der Waals surface area contributed by atoms with Gasteiger partial charge in [-0.25, -0.2) is 14.8 Å². The number of piperazine rings is 1. The maximum Gasteiger partial charge on any atom is 0.573 e. The van der Waals surface area contributed by atoms with E-state index in [-0.39, 0.29) is 51.9 Å². The molecule has 66 heavy (non-hydrogen) atoms. The number of carbonyl (C=O) groups excluding carboxylic acids is 4. The van der Waals surface area contributed by atoms with Gasteiger partial charge in [0, 0.05) is 61.6 Å². The van der Waals surface area contributed by atoms with Crippen molar-refractivity contribution in [3.63, 3.8) is 0 Å². The molecule has 6 atom stereocenters. The van der Waals surface area contributed by atoms with Gasteiger partial charge in [-0.3, -0.25) is 14.4 Å². The third-order valence-electron chi connectivity index (χ3n) is 12.3. The quantitative estimate of drug-likeness (QED) is 0.140. The fraction of sp³-hybridized carbons (Fsp3) is 0.489. The Kier molecular flexibility index (Phi) is 14.2. The second-order valence-electron chi connectivity index (χ2n) is 18.5. The summed E-state index contributed by atoms with van der Waals surface area (Å²) < 4.78 is 56.6. The summed E-state index contributed by atoms with van der Waals surface area (Å²) in [6.45, 7) is 14.2. The van der Waals surface area contributed by atoms with Crippen molar-refractivity contribution in [3.05, 3.63) is 77.3 Å². The van der Waals surface area contributed by atoms with E-state index in [0.29, 0.717) is 86.2 Å². The first-order chi connectivity index (χ1) is 31.2. The van der Waals surface area contributed by atoms with E-state index in [4.69, 9.17) is 26.1 Å². The maximum atomic E-state index is 14.2. The Morgan fingerprint density at radius 2 is 1.70 bits per heavy atom. The molecule has 2 aromatic carbocycles. The van der Waals surface area contributed by atoms with Gasteiger partial charge in [0.25, 0.3) is 5.91 Å². The summed E-state index contributed by atoms with van der Waals surface area (Å²) in [6, 6.07) is 10.9. The molecule has 3 fully saturated rings. The van der Waals surface area contributed by atoms with Gasteiger partial charge in [0.2, 0.25) is 11.8 Å². The summed E-state index contributed by atoms with van der Waals surface area (Å²) >= 11 is 6.60. The zero-order chi connectivity index (χ0) is 47.7. The number of carbonyl (C=O) groups is 4. The number of likely N-dealkylation sites (tertiary alicyclic amines) is 1. The Labute approximate surface area is 386 Å². The molecule has 3 aliphatic rings. The van der Waals surface area contributed by atoms with Crippen molar-refractivity contribution in [1.29, 1.82) is 0 Å². The number of alkyl halides is 3. The predicted octanol–water partition coefficient (Wildman–Crippen LogP) is 8.48. The third kappa shape index (κ3) is 11.0. The van der Waals surface area contributed by atoms with E-state index in [1.165, 1.54) is 19.4 Å². The number of nitrogens with zero attached hydrogens (tertiary/aromatic N) is 5. The van der Waals surface area contributed by atoms with Crippen molar-refractivity contribution >= 4 is 46.9 Å². The number of aromatic amines is 1. The van der Waals surface area contributed by atoms with Gasteiger partial charge in [0.15, 0.2) is 0 Å². The van der Waals surface area contributed by atoms with Gasteiger partial charge in [0.05, 0.1) is 47.4 Å². The molecule has 19 heteroatoms. The number of alkyl carbamates (subject to hydrolysis) is 1. The predicted molar refractivity (Wildman–Crippen MR) is 242 cm³/mol. The molecular formula is C47H56ClF3N8O7. The Balaban J connectivity index is 1.06. The van der Waals surface area contributed by atoms with E-state index in [2.05, 4.69) is 30.2 Å². The number of nitrogens with one attached hydrogen (secondary N) is 3. The minimum absolute atomic E-state index is 0.00397. The molecule has 0 saturated carbocycles. The van der Waals surface area contributed by atoms with Crippen molar-refractivity contribution in [2.75, 3.05) is 50.1 Å². The number of H-pyrrole nitrogens is 1. The Hall–Kier alpha value is -5.88. The smallest absolute Gasteiger partial charge is 0.453 e. The van der Waals surface area contributed by atoms with E-state index in [0.717, 1.165) is 6.07 Å². The maximum absolute atomic E-state index is 14.2. The topological polar surface area (TPSA) is 171 Å². The average Bonchev–Trinajstić information content (AvgIpc) is 3.92. The molecule has 354 valence electrons. The molecule has 0 spiro atoms. The highest BCUT2D eigenvalue weighted by molar-refractivity contribution is 6.35. The van der Waals surface area contributed by atoms with Crippen LogP contribution >= 0.6 is 11.6 Å². The molecule has 15 nitrogen and oxygen atoms in total. The van der Waals surface area contributed by atoms with E-state index in [1.807, 2.05) is 46.4 Å². The number of hydrogen-bond acceptors (Lipinski definition) is 10. The number of ether oxygens (including phenoxy) is 3. The number of aromatic nitrogens is 3. The first-order valence-corrected chi connectivity index (χ1v) is 22.4. The largest absolute Gasteiger partial charge is 0.573 e. The van der Waals surface area contributed by atoms with Crippen LogP contribution in [-0.4, -0.2) is 113 Å². The van der Waals surface area contributed by atoms with Gasteiger partial charge in [-0.2, -0.15) is 0 Å². The fourth-order valence-corrected chi connectivity index (χ4v) is 9.30. The van der Waals surface area contributed by atoms with Crippen molar-refractivity contribution in [2.24, 2.45) is 17.3 Å². The zero-order valence-electron chi connectivity index (χ0n) is 38.0. The number of hydrogen-bond donors (Lipinski definition) is 3. The fourth-order valence-electron chi connectivity index (χ4n) is 9.05. The molecule has 0 bridgehead atoms. The summed E-state index contributed by atoms with van der Waals surface area (Å²) in [5, 5.41) is 5.33. The van der Waals surface area contributed by atoms with E-state index in [9.17, 15) is 32.3 Å². The number of amides is 4. The van der Waals surface area contributed by atoms with Crippen LogP contribution in [0.5, 0.6) is 5.75 Å². The van der Waals surface area contributed by atoms with Gasteiger partial charge in [0.1, 0.15) is 23.4 Å². The molecule has 4 amide bonds. The normalized spacial score (nSPS) is 21.9. The molecule has 0 aliphatic carbocycles. The molecule has 3 N–H and O–H groups in total. The van der Waals surface area contributed by atoms with Crippen molar-refractivity contribution < 1.29 is 46.6 Å². The second kappa shape index (κ2) is 19.5. The lowest BCUT2D eigenvalue weighted by Crippen LogP contribution is -2.56. The highest BCUT2D eigenvalue weighted by Crippen LogP contribution is 2.40. The summed E-state index contributed by atoms with van der Waals surface area (Å²) in [5.41, 5.74) is 1.05. The van der Waals surface area contributed by atoms with Gasteiger partial charge < -0.3 is 44.5 Å². The van der Waals surface area contributed by atoms with Crippen LogP contribution in [0.15, 0.2) is 60.9 Å². The molecule has 4 aromatic rings. The molecule has 3 aliphatic heterocycles. The molecule has 3 saturated heterocycles. The standard InChI is InChI=1S/C47H56ClF3N8O7/c1-26-18-37(59(24-26)43(61)40(56-45(63)64-7)31-14-17-65-28(3)19-31)41-53-23-36(55-41)30-10-8-29(9-11-30)33-20-35(48)34(21-38(33)66-47(49,50)51)42(60)54-32-12-13-39(52-22-32)58-16-15-57(25-27(58)2)44(62)46(4,5)6/h8-13,20-23,26-28,31,37,40H,14-19,24-25H2,1-7H3,(H,53,55)(H,54,60)(H,56,63)/t26-,27+,28-,31?,37-,40?/m0/s1. The highest BCUT2D eigenvalue weighted by Gasteiger charge is 2.43. The summed E-state index contributed by atoms with van der Waals surface area (Å²) in [7, 11) is 1.26. The summed E-state index contributed by atoms with van der Waals surface area (Å²) in [5.74, 6) is -0.355. The number of benzene rings is 2. The van der Waals surface area contributed by atoms with E-state index < -0.39 is 41.6 Å². The van der Waals surface area contributed by atoms with E-state index in [1.54, 1.807) is 47.5 Å². The minimum atomic E-state index is -5.09. The lowest BCUT2D eigenvalue weighted by molar-refractivity contribution is -0.274. The second-order valence-corrected chi connectivity index (χ2v) is 18.9. The van der Waals surface area contributed by atoms with Crippen molar-refractivity contribution in [3.8, 4) is 28.1 Å². The van der Waals surface area contributed by atoms with Gasteiger partial charge >= 0.3 is 12.5 Å². The molecule has 0 radical (unpaired) electrons. The van der Waals surface area contributed by atoms with Crippen molar-refractivity contribution in [1.82, 2.24) is 30.1 Å². The van der Waals surface area contributed by atoms with Crippen LogP contribution in [0.3, 0.4) is 0 Å². The Morgan fingerprint density at radius 3 is 2.33 bits per heavy atom. The number of halogens is 4. The Morgan fingerprint density at radius 1 is 0.970 bits per heavy atom. The number of pyridine rings is 1. The molecule has 2 unspecified atom stereocenters. The van der Waals surface area contributed by atoms with Crippen LogP contribution in [0.1, 0.15) is 83.0 Å². The zero-order valence-corrected chi connectivity index (χ0v) is 38.8. The first-order valence-electron chi connectivity index (χ1n) is 22.0.